The van der Waals surface area contributed by atoms with E-state index in [0.717, 1.165) is 11.8 Å². The largest absolute Gasteiger partial charge is 0.435 e. The van der Waals surface area contributed by atoms with Gasteiger partial charge in [-0.2, -0.15) is 19.1 Å². The fraction of sp³-hybridized carbons (Fsp3) is 0.0952. The predicted octanol–water partition coefficient (Wildman–Crippen LogP) is 3.05. The first-order valence-electron chi connectivity index (χ1n) is 9.68. The van der Waals surface area contributed by atoms with Crippen LogP contribution in [0.5, 0.6) is 5.75 Å². The normalized spacial score (nSPS) is 10.8. The van der Waals surface area contributed by atoms with Crippen molar-refractivity contribution in [1.82, 2.24) is 24.7 Å². The molecule has 10 nitrogen and oxygen atoms in total. The van der Waals surface area contributed by atoms with Crippen molar-refractivity contribution in [3.05, 3.63) is 66.4 Å². The highest BCUT2D eigenvalue weighted by molar-refractivity contribution is 7.99. The van der Waals surface area contributed by atoms with Gasteiger partial charge in [0.05, 0.1) is 17.6 Å². The number of nitrogens with two attached hydrogens (primary N) is 1. The van der Waals surface area contributed by atoms with Crippen LogP contribution < -0.4 is 15.9 Å². The molecule has 2 aromatic carbocycles. The van der Waals surface area contributed by atoms with Crippen LogP contribution in [0, 0.1) is 11.3 Å². The summed E-state index contributed by atoms with van der Waals surface area (Å²) in [5.74, 6) is 6.11. The molecule has 172 valence electrons. The van der Waals surface area contributed by atoms with Crippen molar-refractivity contribution < 1.29 is 18.3 Å². The monoisotopic (exact) mass is 482 g/mol. The van der Waals surface area contributed by atoms with Crippen molar-refractivity contribution in [2.45, 2.75) is 11.8 Å². The number of hydrogen-bond donors (Lipinski definition) is 2. The van der Waals surface area contributed by atoms with Crippen molar-refractivity contribution in [3.63, 3.8) is 0 Å². The number of amides is 1. The summed E-state index contributed by atoms with van der Waals surface area (Å²) in [7, 11) is 0. The highest BCUT2D eigenvalue weighted by Crippen LogP contribution is 2.25. The number of rotatable bonds is 8. The third kappa shape index (κ3) is 4.97. The van der Waals surface area contributed by atoms with Crippen molar-refractivity contribution in [3.8, 4) is 28.9 Å². The Hall–Kier alpha value is -4.44. The molecule has 34 heavy (non-hydrogen) atoms. The lowest BCUT2D eigenvalue weighted by atomic mass is 10.2. The van der Waals surface area contributed by atoms with Gasteiger partial charge in [-0.25, -0.2) is 9.36 Å². The minimum absolute atomic E-state index is 0.000381. The summed E-state index contributed by atoms with van der Waals surface area (Å²) in [5, 5.41) is 24.5. The second kappa shape index (κ2) is 10.0. The van der Waals surface area contributed by atoms with Gasteiger partial charge in [-0.3, -0.25) is 4.79 Å². The second-order valence-electron chi connectivity index (χ2n) is 6.68. The van der Waals surface area contributed by atoms with E-state index in [1.54, 1.807) is 12.1 Å². The van der Waals surface area contributed by atoms with Gasteiger partial charge in [-0.15, -0.1) is 10.2 Å². The Balaban J connectivity index is 1.44. The molecule has 1 amide bonds. The standard InChI is InChI=1S/C21H16F2N8O2S/c22-20(23)33-16-8-6-13(7-9-16)19-28-29-21(30(19)25)34-12-17(32)27-18-14(10-24)11-26-31(18)15-4-2-1-3-5-15/h1-9,11,20H,12,25H2,(H,27,32). The number of para-hydroxylation sites is 1. The minimum Gasteiger partial charge on any atom is -0.435 e. The van der Waals surface area contributed by atoms with Crippen LogP contribution in [-0.4, -0.2) is 42.9 Å². The van der Waals surface area contributed by atoms with Gasteiger partial charge in [0.1, 0.15) is 17.4 Å². The van der Waals surface area contributed by atoms with Crippen LogP contribution in [0.1, 0.15) is 5.56 Å². The van der Waals surface area contributed by atoms with E-state index < -0.39 is 12.5 Å². The average Bonchev–Trinajstić information content (AvgIpc) is 3.41. The highest BCUT2D eigenvalue weighted by Gasteiger charge is 2.18. The van der Waals surface area contributed by atoms with E-state index in [4.69, 9.17) is 5.84 Å². The first-order chi connectivity index (χ1) is 16.5. The second-order valence-corrected chi connectivity index (χ2v) is 7.62. The molecule has 4 aromatic rings. The van der Waals surface area contributed by atoms with Gasteiger partial charge in [0.2, 0.25) is 11.1 Å². The number of nitrogen functional groups attached to an aromatic ring is 1. The maximum Gasteiger partial charge on any atom is 0.387 e. The number of aromatic nitrogens is 5. The van der Waals surface area contributed by atoms with E-state index in [0.29, 0.717) is 11.3 Å². The summed E-state index contributed by atoms with van der Waals surface area (Å²) in [6.07, 6.45) is 1.37. The molecule has 0 fully saturated rings. The maximum absolute atomic E-state index is 12.6. The Kier molecular flexibility index (Phi) is 6.69. The molecule has 2 heterocycles. The predicted molar refractivity (Wildman–Crippen MR) is 120 cm³/mol. The van der Waals surface area contributed by atoms with E-state index in [2.05, 4.69) is 25.3 Å². The van der Waals surface area contributed by atoms with Crippen molar-refractivity contribution in [2.24, 2.45) is 0 Å². The van der Waals surface area contributed by atoms with Crippen LogP contribution in [0.25, 0.3) is 17.1 Å². The molecule has 0 radical (unpaired) electrons. The van der Waals surface area contributed by atoms with E-state index in [-0.39, 0.29) is 33.9 Å². The third-order valence-electron chi connectivity index (χ3n) is 4.48. The van der Waals surface area contributed by atoms with Gasteiger partial charge in [0.25, 0.3) is 0 Å². The van der Waals surface area contributed by atoms with Crippen molar-refractivity contribution in [1.29, 1.82) is 5.26 Å². The number of hydrogen-bond acceptors (Lipinski definition) is 8. The van der Waals surface area contributed by atoms with Crippen LogP contribution >= 0.6 is 11.8 Å². The number of ether oxygens (including phenoxy) is 1. The van der Waals surface area contributed by atoms with E-state index in [1.165, 1.54) is 39.8 Å². The zero-order chi connectivity index (χ0) is 24.1. The number of halogens is 2. The fourth-order valence-corrected chi connectivity index (χ4v) is 3.63. The highest BCUT2D eigenvalue weighted by atomic mass is 32.2. The molecule has 4 rings (SSSR count). The van der Waals surface area contributed by atoms with Gasteiger partial charge < -0.3 is 15.9 Å². The Labute approximate surface area is 195 Å². The molecule has 0 aliphatic heterocycles. The number of nitrogens with zero attached hydrogens (tertiary/aromatic N) is 6. The molecule has 0 aliphatic rings. The van der Waals surface area contributed by atoms with Gasteiger partial charge in [-0.05, 0) is 36.4 Å². The molecule has 3 N–H and O–H groups in total. The molecule has 0 spiro atoms. The zero-order valence-electron chi connectivity index (χ0n) is 17.3. The molecule has 0 aliphatic carbocycles. The van der Waals surface area contributed by atoms with Crippen LogP contribution in [0.2, 0.25) is 0 Å². The topological polar surface area (TPSA) is 137 Å². The number of anilines is 1. The van der Waals surface area contributed by atoms with Gasteiger partial charge in [-0.1, -0.05) is 30.0 Å². The molecule has 0 saturated heterocycles. The fourth-order valence-electron chi connectivity index (χ4n) is 2.97. The minimum atomic E-state index is -2.92. The summed E-state index contributed by atoms with van der Waals surface area (Å²) in [6.45, 7) is -2.92. The Morgan fingerprint density at radius 1 is 1.18 bits per heavy atom. The Bertz CT molecular complexity index is 1330. The first-order valence-corrected chi connectivity index (χ1v) is 10.7. The SMILES string of the molecule is N#Cc1cnn(-c2ccccc2)c1NC(=O)CSc1nnc(-c2ccc(OC(F)F)cc2)n1N. The number of carbonyl (C=O) groups is 1. The van der Waals surface area contributed by atoms with Gasteiger partial charge in [0, 0.05) is 5.56 Å². The summed E-state index contributed by atoms with van der Waals surface area (Å²) in [5.41, 5.74) is 1.42. The van der Waals surface area contributed by atoms with E-state index in [1.807, 2.05) is 24.3 Å². The lowest BCUT2D eigenvalue weighted by Crippen LogP contribution is -2.19. The molecule has 2 aromatic heterocycles. The zero-order valence-corrected chi connectivity index (χ0v) is 18.1. The van der Waals surface area contributed by atoms with Crippen LogP contribution in [0.15, 0.2) is 66.0 Å². The maximum atomic E-state index is 12.6. The summed E-state index contributed by atoms with van der Waals surface area (Å²) < 4.78 is 31.6. The summed E-state index contributed by atoms with van der Waals surface area (Å²) in [4.78, 5) is 12.6. The summed E-state index contributed by atoms with van der Waals surface area (Å²) in [6, 6.07) is 16.8. The average molecular weight is 482 g/mol. The Morgan fingerprint density at radius 2 is 1.91 bits per heavy atom. The molecule has 0 unspecified atom stereocenters. The lowest BCUT2D eigenvalue weighted by molar-refractivity contribution is -0.113. The third-order valence-corrected chi connectivity index (χ3v) is 5.43. The Morgan fingerprint density at radius 3 is 2.59 bits per heavy atom. The number of carbonyl (C=O) groups excluding carboxylic acids is 1. The van der Waals surface area contributed by atoms with Crippen molar-refractivity contribution in [2.75, 3.05) is 16.9 Å². The molecular formula is C21H16F2N8O2S. The van der Waals surface area contributed by atoms with Gasteiger partial charge in [0.15, 0.2) is 11.6 Å². The molecular weight excluding hydrogens is 466 g/mol. The number of thioether (sulfide) groups is 1. The molecule has 0 atom stereocenters. The number of nitriles is 1. The van der Waals surface area contributed by atoms with Crippen LogP contribution in [-0.2, 0) is 4.79 Å². The van der Waals surface area contributed by atoms with Crippen LogP contribution in [0.4, 0.5) is 14.6 Å². The molecule has 0 saturated carbocycles. The van der Waals surface area contributed by atoms with E-state index in [9.17, 15) is 18.8 Å². The summed E-state index contributed by atoms with van der Waals surface area (Å²) >= 11 is 1.04. The molecule has 0 bridgehead atoms. The van der Waals surface area contributed by atoms with Crippen molar-refractivity contribution >= 4 is 23.5 Å². The first kappa shape index (κ1) is 22.7. The lowest BCUT2D eigenvalue weighted by Gasteiger charge is -2.09. The number of benzene rings is 2. The van der Waals surface area contributed by atoms with Gasteiger partial charge >= 0.3 is 6.61 Å². The quantitative estimate of drug-likeness (QED) is 0.289. The smallest absolute Gasteiger partial charge is 0.387 e. The molecule has 13 heteroatoms. The van der Waals surface area contributed by atoms with E-state index >= 15 is 0 Å². The number of nitrogens with one attached hydrogen (secondary N) is 1. The van der Waals surface area contributed by atoms with Crippen LogP contribution in [0.3, 0.4) is 0 Å². The number of alkyl halides is 2.